The Morgan fingerprint density at radius 3 is 2.48 bits per heavy atom. The number of nitrogens with one attached hydrogen (secondary N) is 1. The minimum absolute atomic E-state index is 0.336. The predicted molar refractivity (Wildman–Crippen MR) is 86.9 cm³/mol. The lowest BCUT2D eigenvalue weighted by atomic mass is 10.2. The molecule has 2 heterocycles. The Bertz CT molecular complexity index is 655. The third-order valence-electron chi connectivity index (χ3n) is 3.62. The van der Waals surface area contributed by atoms with Gasteiger partial charge in [0.05, 0.1) is 0 Å². The smallest absolute Gasteiger partial charge is 0.410 e. The van der Waals surface area contributed by atoms with Crippen LogP contribution >= 0.6 is 0 Å². The van der Waals surface area contributed by atoms with Gasteiger partial charge in [0.25, 0.3) is 5.56 Å². The highest BCUT2D eigenvalue weighted by molar-refractivity contribution is 5.68. The van der Waals surface area contributed by atoms with E-state index < -0.39 is 11.3 Å². The number of amides is 1. The van der Waals surface area contributed by atoms with Gasteiger partial charge >= 0.3 is 11.8 Å². The van der Waals surface area contributed by atoms with Crippen molar-refractivity contribution in [2.75, 3.05) is 31.1 Å². The minimum Gasteiger partial charge on any atom is -0.444 e. The van der Waals surface area contributed by atoms with Crippen molar-refractivity contribution >= 4 is 11.9 Å². The van der Waals surface area contributed by atoms with Gasteiger partial charge in [-0.2, -0.15) is 0 Å². The van der Waals surface area contributed by atoms with Crippen molar-refractivity contribution in [2.45, 2.75) is 32.8 Å². The second-order valence-corrected chi connectivity index (χ2v) is 6.66. The number of carbonyl (C=O) groups is 1. The molecule has 128 valence electrons. The Morgan fingerprint density at radius 2 is 1.87 bits per heavy atom. The summed E-state index contributed by atoms with van der Waals surface area (Å²) < 4.78 is 6.41. The van der Waals surface area contributed by atoms with Crippen LogP contribution in [0.1, 0.15) is 27.2 Å². The van der Waals surface area contributed by atoms with Gasteiger partial charge in [-0.05, 0) is 27.2 Å². The summed E-state index contributed by atoms with van der Waals surface area (Å²) in [5, 5.41) is 0. The standard InChI is InChI=1S/C15H24N4O4/c1-15(2,3)23-14(22)19-7-5-6-18(8-9-19)11-10-12(20)17(4)13(21)16-11/h10H,5-9H2,1-4H3,(H,16,21). The normalized spacial score (nSPS) is 16.2. The predicted octanol–water partition coefficient (Wildman–Crippen LogP) is 0.521. The number of carbonyl (C=O) groups excluding carboxylic acids is 1. The molecule has 1 aromatic heterocycles. The first-order valence-corrected chi connectivity index (χ1v) is 7.70. The molecule has 0 unspecified atom stereocenters. The summed E-state index contributed by atoms with van der Waals surface area (Å²) in [5.74, 6) is 0.490. The number of H-pyrrole nitrogens is 1. The van der Waals surface area contributed by atoms with Crippen LogP contribution < -0.4 is 16.1 Å². The maximum absolute atomic E-state index is 12.1. The molecule has 1 aromatic rings. The van der Waals surface area contributed by atoms with Crippen molar-refractivity contribution in [3.05, 3.63) is 26.9 Å². The van der Waals surface area contributed by atoms with Gasteiger partial charge in [-0.1, -0.05) is 0 Å². The van der Waals surface area contributed by atoms with Gasteiger partial charge in [0.1, 0.15) is 11.4 Å². The van der Waals surface area contributed by atoms with Gasteiger partial charge in [-0.15, -0.1) is 0 Å². The number of nitrogens with zero attached hydrogens (tertiary/aromatic N) is 3. The van der Waals surface area contributed by atoms with Crippen molar-refractivity contribution in [3.8, 4) is 0 Å². The molecule has 0 spiro atoms. The molecule has 1 N–H and O–H groups in total. The lowest BCUT2D eigenvalue weighted by Gasteiger charge is -2.26. The van der Waals surface area contributed by atoms with Crippen LogP contribution in [0.15, 0.2) is 15.7 Å². The van der Waals surface area contributed by atoms with Crippen molar-refractivity contribution in [1.82, 2.24) is 14.5 Å². The molecule has 1 amide bonds. The van der Waals surface area contributed by atoms with Crippen LogP contribution in [0, 0.1) is 0 Å². The van der Waals surface area contributed by atoms with E-state index in [0.717, 1.165) is 11.0 Å². The van der Waals surface area contributed by atoms with Gasteiger partial charge in [-0.3, -0.25) is 14.3 Å². The van der Waals surface area contributed by atoms with E-state index >= 15 is 0 Å². The summed E-state index contributed by atoms with van der Waals surface area (Å²) in [4.78, 5) is 41.9. The number of rotatable bonds is 1. The summed E-state index contributed by atoms with van der Waals surface area (Å²) in [7, 11) is 1.43. The number of ether oxygens (including phenoxy) is 1. The zero-order valence-corrected chi connectivity index (χ0v) is 14.1. The molecule has 0 atom stereocenters. The fourth-order valence-electron chi connectivity index (χ4n) is 2.38. The molecular formula is C15H24N4O4. The first-order valence-electron chi connectivity index (χ1n) is 7.70. The third kappa shape index (κ3) is 4.37. The van der Waals surface area contributed by atoms with Crippen LogP contribution in [-0.4, -0.2) is 52.3 Å². The van der Waals surface area contributed by atoms with E-state index in [4.69, 9.17) is 4.74 Å². The van der Waals surface area contributed by atoms with Crippen LogP contribution in [-0.2, 0) is 11.8 Å². The van der Waals surface area contributed by atoms with E-state index in [1.54, 1.807) is 4.90 Å². The lowest BCUT2D eigenvalue weighted by Crippen LogP contribution is -2.40. The topological polar surface area (TPSA) is 87.6 Å². The molecule has 23 heavy (non-hydrogen) atoms. The second kappa shape index (κ2) is 6.47. The maximum Gasteiger partial charge on any atom is 0.410 e. The summed E-state index contributed by atoms with van der Waals surface area (Å²) in [5.41, 5.74) is -1.32. The molecule has 8 nitrogen and oxygen atoms in total. The van der Waals surface area contributed by atoms with Gasteiger partial charge in [0.2, 0.25) is 0 Å². The lowest BCUT2D eigenvalue weighted by molar-refractivity contribution is 0.0263. The number of hydrogen-bond donors (Lipinski definition) is 1. The van der Waals surface area contributed by atoms with E-state index in [1.165, 1.54) is 13.1 Å². The van der Waals surface area contributed by atoms with Gasteiger partial charge in [-0.25, -0.2) is 9.59 Å². The van der Waals surface area contributed by atoms with Crippen molar-refractivity contribution < 1.29 is 9.53 Å². The fourth-order valence-corrected chi connectivity index (χ4v) is 2.38. The zero-order chi connectivity index (χ0) is 17.2. The van der Waals surface area contributed by atoms with Gasteiger partial charge in [0, 0.05) is 39.3 Å². The Balaban J connectivity index is 2.08. The van der Waals surface area contributed by atoms with Crippen LogP contribution in [0.5, 0.6) is 0 Å². The quantitative estimate of drug-likeness (QED) is 0.814. The molecular weight excluding hydrogens is 300 g/mol. The number of anilines is 1. The number of hydrogen-bond acceptors (Lipinski definition) is 5. The van der Waals surface area contributed by atoms with E-state index in [-0.39, 0.29) is 11.7 Å². The van der Waals surface area contributed by atoms with Crippen LogP contribution in [0.25, 0.3) is 0 Å². The first kappa shape index (κ1) is 17.1. The van der Waals surface area contributed by atoms with E-state index in [0.29, 0.717) is 32.0 Å². The van der Waals surface area contributed by atoms with Crippen molar-refractivity contribution in [1.29, 1.82) is 0 Å². The summed E-state index contributed by atoms with van der Waals surface area (Å²) in [6, 6.07) is 1.41. The summed E-state index contributed by atoms with van der Waals surface area (Å²) >= 11 is 0. The van der Waals surface area contributed by atoms with E-state index in [1.807, 2.05) is 25.7 Å². The Labute approximate surface area is 134 Å². The average Bonchev–Trinajstić information content (AvgIpc) is 2.68. The minimum atomic E-state index is -0.528. The van der Waals surface area contributed by atoms with Crippen LogP contribution in [0.3, 0.4) is 0 Å². The van der Waals surface area contributed by atoms with Crippen LogP contribution in [0.2, 0.25) is 0 Å². The Morgan fingerprint density at radius 1 is 1.17 bits per heavy atom. The SMILES string of the molecule is Cn1c(=O)cc(N2CCCN(C(=O)OC(C)(C)C)CC2)[nH]c1=O. The van der Waals surface area contributed by atoms with Crippen molar-refractivity contribution in [3.63, 3.8) is 0 Å². The zero-order valence-electron chi connectivity index (χ0n) is 14.1. The molecule has 2 rings (SSSR count). The van der Waals surface area contributed by atoms with E-state index in [9.17, 15) is 14.4 Å². The van der Waals surface area contributed by atoms with Crippen LogP contribution in [0.4, 0.5) is 10.6 Å². The molecule has 1 saturated heterocycles. The molecule has 1 aliphatic heterocycles. The monoisotopic (exact) mass is 324 g/mol. The highest BCUT2D eigenvalue weighted by Gasteiger charge is 2.24. The summed E-state index contributed by atoms with van der Waals surface area (Å²) in [6.07, 6.45) is 0.396. The molecule has 0 aliphatic carbocycles. The van der Waals surface area contributed by atoms with Gasteiger partial charge < -0.3 is 14.5 Å². The molecule has 0 bridgehead atoms. The first-order chi connectivity index (χ1) is 10.7. The maximum atomic E-state index is 12.1. The Hall–Kier alpha value is -2.25. The largest absolute Gasteiger partial charge is 0.444 e. The number of aromatic amines is 1. The molecule has 0 radical (unpaired) electrons. The van der Waals surface area contributed by atoms with Crippen molar-refractivity contribution in [2.24, 2.45) is 7.05 Å². The van der Waals surface area contributed by atoms with E-state index in [2.05, 4.69) is 4.98 Å². The molecule has 0 saturated carbocycles. The highest BCUT2D eigenvalue weighted by Crippen LogP contribution is 2.14. The highest BCUT2D eigenvalue weighted by atomic mass is 16.6. The fraction of sp³-hybridized carbons (Fsp3) is 0.667. The average molecular weight is 324 g/mol. The third-order valence-corrected chi connectivity index (χ3v) is 3.62. The molecule has 1 aliphatic rings. The summed E-state index contributed by atoms with van der Waals surface area (Å²) in [6.45, 7) is 7.75. The second-order valence-electron chi connectivity index (χ2n) is 6.66. The number of aromatic nitrogens is 2. The molecule has 1 fully saturated rings. The molecule has 8 heteroatoms. The Kier molecular flexibility index (Phi) is 4.82. The van der Waals surface area contributed by atoms with Gasteiger partial charge in [0.15, 0.2) is 0 Å². The molecule has 0 aromatic carbocycles.